The summed E-state index contributed by atoms with van der Waals surface area (Å²) >= 11 is 0. The van der Waals surface area contributed by atoms with Crippen molar-refractivity contribution in [2.75, 3.05) is 0 Å². The number of furan rings is 2. The van der Waals surface area contributed by atoms with Crippen molar-refractivity contribution in [2.24, 2.45) is 0 Å². The van der Waals surface area contributed by atoms with E-state index in [1.165, 1.54) is 21.8 Å². The van der Waals surface area contributed by atoms with Crippen LogP contribution in [-0.4, -0.2) is 4.57 Å². The van der Waals surface area contributed by atoms with Crippen LogP contribution >= 0.6 is 0 Å². The molecular weight excluding hydrogens is 478 g/mol. The lowest BCUT2D eigenvalue weighted by molar-refractivity contribution is 0.665. The summed E-state index contributed by atoms with van der Waals surface area (Å²) in [4.78, 5) is 0. The van der Waals surface area contributed by atoms with Gasteiger partial charge in [-0.25, -0.2) is 0 Å². The largest absolute Gasteiger partial charge is 0.455 e. The van der Waals surface area contributed by atoms with Gasteiger partial charge in [-0.3, -0.25) is 0 Å². The first-order chi connectivity index (χ1) is 19.3. The molecule has 0 saturated heterocycles. The summed E-state index contributed by atoms with van der Waals surface area (Å²) in [5.74, 6) is 0. The first-order valence-corrected chi connectivity index (χ1v) is 13.2. The van der Waals surface area contributed by atoms with Gasteiger partial charge in [-0.2, -0.15) is 0 Å². The Balaban J connectivity index is 1.31. The van der Waals surface area contributed by atoms with Gasteiger partial charge < -0.3 is 13.4 Å². The Morgan fingerprint density at radius 2 is 0.897 bits per heavy atom. The molecule has 9 aromatic rings. The molecule has 3 nitrogen and oxygen atoms in total. The van der Waals surface area contributed by atoms with Gasteiger partial charge in [0.05, 0.1) is 11.0 Å². The maximum Gasteiger partial charge on any atom is 0.143 e. The van der Waals surface area contributed by atoms with E-state index >= 15 is 0 Å². The zero-order chi connectivity index (χ0) is 25.5. The zero-order valence-electron chi connectivity index (χ0n) is 20.9. The minimum absolute atomic E-state index is 0.874. The molecule has 0 radical (unpaired) electrons. The topological polar surface area (TPSA) is 31.2 Å². The second kappa shape index (κ2) is 7.62. The Morgan fingerprint density at radius 1 is 0.385 bits per heavy atom. The molecule has 0 amide bonds. The van der Waals surface area contributed by atoms with Gasteiger partial charge in [-0.1, -0.05) is 91.0 Å². The van der Waals surface area contributed by atoms with E-state index in [-0.39, 0.29) is 0 Å². The molecule has 6 aromatic carbocycles. The average Bonchev–Trinajstić information content (AvgIpc) is 3.66. The fourth-order valence-corrected chi connectivity index (χ4v) is 6.30. The van der Waals surface area contributed by atoms with Crippen molar-refractivity contribution in [1.82, 2.24) is 4.57 Å². The van der Waals surface area contributed by atoms with Gasteiger partial charge in [0.2, 0.25) is 0 Å². The van der Waals surface area contributed by atoms with Crippen molar-refractivity contribution in [3.05, 3.63) is 127 Å². The molecule has 0 fully saturated rings. The highest BCUT2D eigenvalue weighted by Gasteiger charge is 2.18. The summed E-state index contributed by atoms with van der Waals surface area (Å²) in [6.07, 6.45) is 0. The molecule has 0 bridgehead atoms. The summed E-state index contributed by atoms with van der Waals surface area (Å²) in [6.45, 7) is 0. The number of hydrogen-bond acceptors (Lipinski definition) is 2. The number of nitrogens with zero attached hydrogens (tertiary/aromatic N) is 1. The van der Waals surface area contributed by atoms with Gasteiger partial charge in [0, 0.05) is 49.1 Å². The Morgan fingerprint density at radius 3 is 1.56 bits per heavy atom. The van der Waals surface area contributed by atoms with Gasteiger partial charge in [-0.05, 0) is 36.4 Å². The molecule has 0 aliphatic heterocycles. The Labute approximate surface area is 223 Å². The molecule has 182 valence electrons. The van der Waals surface area contributed by atoms with E-state index in [0.29, 0.717) is 0 Å². The zero-order valence-corrected chi connectivity index (χ0v) is 20.9. The molecule has 9 rings (SSSR count). The molecule has 3 heteroatoms. The van der Waals surface area contributed by atoms with Crippen LogP contribution in [0.15, 0.2) is 136 Å². The van der Waals surface area contributed by atoms with Crippen LogP contribution in [0, 0.1) is 0 Å². The van der Waals surface area contributed by atoms with Crippen LogP contribution in [0.3, 0.4) is 0 Å². The normalized spacial score (nSPS) is 12.1. The Hall–Kier alpha value is -5.28. The quantitative estimate of drug-likeness (QED) is 0.237. The summed E-state index contributed by atoms with van der Waals surface area (Å²) < 4.78 is 15.3. The Bertz CT molecular complexity index is 2350. The van der Waals surface area contributed by atoms with E-state index in [1.54, 1.807) is 0 Å². The first-order valence-electron chi connectivity index (χ1n) is 13.2. The number of benzene rings is 6. The lowest BCUT2D eigenvalue weighted by atomic mass is 10.00. The van der Waals surface area contributed by atoms with Gasteiger partial charge in [0.15, 0.2) is 0 Å². The van der Waals surface area contributed by atoms with Crippen LogP contribution in [0.5, 0.6) is 0 Å². The van der Waals surface area contributed by atoms with Gasteiger partial charge in [0.25, 0.3) is 0 Å². The van der Waals surface area contributed by atoms with Crippen LogP contribution in [0.4, 0.5) is 0 Å². The average molecular weight is 500 g/mol. The number of rotatable bonds is 2. The third-order valence-electron chi connectivity index (χ3n) is 8.01. The highest BCUT2D eigenvalue weighted by molar-refractivity contribution is 6.15. The van der Waals surface area contributed by atoms with Gasteiger partial charge in [-0.15, -0.1) is 0 Å². The number of hydrogen-bond donors (Lipinski definition) is 0. The molecule has 0 spiro atoms. The van der Waals surface area contributed by atoms with Crippen molar-refractivity contribution in [3.8, 4) is 16.8 Å². The molecule has 3 heterocycles. The smallest absolute Gasteiger partial charge is 0.143 e. The predicted molar refractivity (Wildman–Crippen MR) is 161 cm³/mol. The second-order valence-electron chi connectivity index (χ2n) is 10.1. The van der Waals surface area contributed by atoms with Gasteiger partial charge in [0.1, 0.15) is 22.3 Å². The molecule has 39 heavy (non-hydrogen) atoms. The molecule has 0 aliphatic carbocycles. The molecule has 0 N–H and O–H groups in total. The van der Waals surface area contributed by atoms with Crippen molar-refractivity contribution < 1.29 is 8.83 Å². The second-order valence-corrected chi connectivity index (χ2v) is 10.1. The van der Waals surface area contributed by atoms with Crippen molar-refractivity contribution in [3.63, 3.8) is 0 Å². The van der Waals surface area contributed by atoms with Crippen LogP contribution in [0.2, 0.25) is 0 Å². The standard InChI is InChI=1S/C36H21NO2/c1-4-16-31-23(9-1)24-10-2-5-17-32(24)37(31)22-19-20-34-30(21-22)29-15-8-14-28(36(29)39-34)27-13-7-12-26-25-11-3-6-18-33(25)38-35(26)27/h1-21H. The van der Waals surface area contributed by atoms with Crippen molar-refractivity contribution >= 4 is 65.7 Å². The summed E-state index contributed by atoms with van der Waals surface area (Å²) in [5.41, 5.74) is 9.12. The number of aromatic nitrogens is 1. The lowest BCUT2D eigenvalue weighted by Crippen LogP contribution is -1.93. The van der Waals surface area contributed by atoms with E-state index in [9.17, 15) is 0 Å². The highest BCUT2D eigenvalue weighted by Crippen LogP contribution is 2.42. The molecule has 3 aromatic heterocycles. The van der Waals surface area contributed by atoms with Crippen molar-refractivity contribution in [1.29, 1.82) is 0 Å². The fourth-order valence-electron chi connectivity index (χ4n) is 6.30. The molecule has 0 unspecified atom stereocenters. The Kier molecular flexibility index (Phi) is 4.05. The van der Waals surface area contributed by atoms with Crippen LogP contribution in [0.25, 0.3) is 82.5 Å². The predicted octanol–water partition coefficient (Wildman–Crippen LogP) is 10.2. The van der Waals surface area contributed by atoms with Gasteiger partial charge >= 0.3 is 0 Å². The SMILES string of the molecule is c1ccc2c(c1)oc1c(-c3cccc4c3oc3ccc(-n5c6ccccc6c6ccccc65)cc34)cccc12. The minimum Gasteiger partial charge on any atom is -0.455 e. The summed E-state index contributed by atoms with van der Waals surface area (Å²) in [6, 6.07) is 44.7. The molecular formula is C36H21NO2. The number of para-hydroxylation sites is 5. The summed E-state index contributed by atoms with van der Waals surface area (Å²) in [7, 11) is 0. The number of fused-ring (bicyclic) bond motifs is 9. The van der Waals surface area contributed by atoms with Crippen molar-refractivity contribution in [2.45, 2.75) is 0 Å². The maximum absolute atomic E-state index is 6.56. The molecule has 0 saturated carbocycles. The molecule has 0 aliphatic rings. The van der Waals surface area contributed by atoms with E-state index in [4.69, 9.17) is 8.83 Å². The van der Waals surface area contributed by atoms with E-state index in [1.807, 2.05) is 12.1 Å². The lowest BCUT2D eigenvalue weighted by Gasteiger charge is -2.08. The van der Waals surface area contributed by atoms with Crippen LogP contribution < -0.4 is 0 Å². The summed E-state index contributed by atoms with van der Waals surface area (Å²) in [5, 5.41) is 6.95. The van der Waals surface area contributed by atoms with Crippen LogP contribution in [0.1, 0.15) is 0 Å². The highest BCUT2D eigenvalue weighted by atomic mass is 16.3. The van der Waals surface area contributed by atoms with E-state index in [2.05, 4.69) is 120 Å². The fraction of sp³-hybridized carbons (Fsp3) is 0. The van der Waals surface area contributed by atoms with E-state index < -0.39 is 0 Å². The third-order valence-corrected chi connectivity index (χ3v) is 8.01. The maximum atomic E-state index is 6.56. The van der Waals surface area contributed by atoms with Crippen LogP contribution in [-0.2, 0) is 0 Å². The monoisotopic (exact) mass is 499 g/mol. The minimum atomic E-state index is 0.874. The first kappa shape index (κ1) is 20.7. The molecule has 0 atom stereocenters. The third kappa shape index (κ3) is 2.82. The van der Waals surface area contributed by atoms with E-state index in [0.717, 1.165) is 60.7 Å².